The number of phenolic OH excluding ortho intramolecular Hbond substituents is 1. The van der Waals surface area contributed by atoms with Crippen LogP contribution in [0.1, 0.15) is 11.1 Å². The molecule has 0 saturated heterocycles. The number of aromatic hydroxyl groups is 1. The average molecular weight is 846 g/mol. The molecule has 0 unspecified atom stereocenters. The minimum atomic E-state index is -4.87. The molecule has 0 radical (unpaired) electrons. The van der Waals surface area contributed by atoms with Crippen molar-refractivity contribution in [1.29, 1.82) is 0 Å². The molecule has 0 aliphatic heterocycles. The highest BCUT2D eigenvalue weighted by Gasteiger charge is 2.23. The minimum absolute atomic E-state index is 0.168. The molecule has 4 N–H and O–H groups in total. The lowest BCUT2D eigenvalue weighted by Gasteiger charge is -2.12. The van der Waals surface area contributed by atoms with Crippen LogP contribution in [-0.4, -0.2) is 45.3 Å². The number of fused-ring (bicyclic) bond motifs is 2. The van der Waals surface area contributed by atoms with E-state index in [1.165, 1.54) is 38.5 Å². The summed E-state index contributed by atoms with van der Waals surface area (Å²) in [7, 11) is -6.48. The van der Waals surface area contributed by atoms with Crippen molar-refractivity contribution in [3.05, 3.63) is 126 Å². The number of hydrogen-bond acceptors (Lipinski definition) is 14. The van der Waals surface area contributed by atoms with Crippen LogP contribution in [0.3, 0.4) is 0 Å². The third-order valence-electron chi connectivity index (χ3n) is 9.29. The molecule has 0 aliphatic rings. The van der Waals surface area contributed by atoms with Crippen molar-refractivity contribution in [1.82, 2.24) is 0 Å². The van der Waals surface area contributed by atoms with Gasteiger partial charge in [-0.3, -0.25) is 9.11 Å². The molecule has 7 aromatic carbocycles. The standard InChI is InChI=1S/C42H35N7O9S2/c1-24-17-35(37(57-3)22-33(24)45-44-30-14-13-26-9-8-12-39(32(26)21-30)59(51,52)53)47-46-34-23-38(58-4)36(18-25(34)2)48-49-41-40(60(54,55)56)20-27-19-29(15-16-31(27)42(41)50)43-28-10-6-5-7-11-28/h5-23,43,50H,1-4H3,(H,51,52,53)(H,54,55,56). The van der Waals surface area contributed by atoms with Crippen LogP contribution in [0.15, 0.2) is 156 Å². The summed E-state index contributed by atoms with van der Waals surface area (Å²) in [5, 5.41) is 41.7. The number of para-hydroxylation sites is 1. The fourth-order valence-corrected chi connectivity index (χ4v) is 7.64. The van der Waals surface area contributed by atoms with Gasteiger partial charge in [0.15, 0.2) is 5.75 Å². The van der Waals surface area contributed by atoms with Gasteiger partial charge in [-0.15, -0.1) is 15.3 Å². The molecule has 0 saturated carbocycles. The lowest BCUT2D eigenvalue weighted by molar-refractivity contribution is 0.415. The number of methoxy groups -OCH3 is 2. The molecule has 60 heavy (non-hydrogen) atoms. The molecule has 0 spiro atoms. The summed E-state index contributed by atoms with van der Waals surface area (Å²) in [6.45, 7) is 3.53. The maximum Gasteiger partial charge on any atom is 0.296 e. The molecule has 0 aromatic heterocycles. The quantitative estimate of drug-likeness (QED) is 0.0670. The van der Waals surface area contributed by atoms with E-state index >= 15 is 0 Å². The largest absolute Gasteiger partial charge is 0.505 e. The van der Waals surface area contributed by atoms with Gasteiger partial charge in [0.1, 0.15) is 38.4 Å². The number of rotatable bonds is 12. The summed E-state index contributed by atoms with van der Waals surface area (Å²) in [5.41, 5.74) is 3.93. The van der Waals surface area contributed by atoms with E-state index in [1.807, 2.05) is 30.3 Å². The Morgan fingerprint density at radius 3 is 1.73 bits per heavy atom. The number of anilines is 2. The van der Waals surface area contributed by atoms with Crippen LogP contribution >= 0.6 is 0 Å². The molecule has 0 bridgehead atoms. The highest BCUT2D eigenvalue weighted by molar-refractivity contribution is 7.86. The highest BCUT2D eigenvalue weighted by atomic mass is 32.2. The Bertz CT molecular complexity index is 3140. The first-order valence-electron chi connectivity index (χ1n) is 17.8. The van der Waals surface area contributed by atoms with E-state index in [4.69, 9.17) is 9.47 Å². The van der Waals surface area contributed by atoms with Gasteiger partial charge in [-0.05, 0) is 102 Å². The van der Waals surface area contributed by atoms with Crippen molar-refractivity contribution < 1.29 is 40.5 Å². The Balaban J connectivity index is 1.15. The summed E-state index contributed by atoms with van der Waals surface area (Å²) in [6, 6.07) is 31.3. The summed E-state index contributed by atoms with van der Waals surface area (Å²) in [5.74, 6) is 0.0184. The van der Waals surface area contributed by atoms with Gasteiger partial charge in [-0.25, -0.2) is 0 Å². The summed E-state index contributed by atoms with van der Waals surface area (Å²) >= 11 is 0. The number of nitrogens with one attached hydrogen (secondary N) is 1. The first-order valence-corrected chi connectivity index (χ1v) is 20.7. The Kier molecular flexibility index (Phi) is 11.4. The number of nitrogens with zero attached hydrogens (tertiary/aromatic N) is 6. The third kappa shape index (κ3) is 8.81. The maximum absolute atomic E-state index is 12.5. The van der Waals surface area contributed by atoms with Gasteiger partial charge in [0.05, 0.1) is 31.3 Å². The van der Waals surface area contributed by atoms with E-state index in [-0.39, 0.29) is 21.7 Å². The SMILES string of the molecule is COc1cc(N=Nc2ccc3cccc(S(=O)(=O)O)c3c2)c(C)cc1N=Nc1cc(OC)c(N=Nc2c(S(=O)(=O)O)cc3cc(Nc4ccccc4)ccc3c2O)cc1C. The van der Waals surface area contributed by atoms with Crippen molar-refractivity contribution >= 4 is 87.3 Å². The highest BCUT2D eigenvalue weighted by Crippen LogP contribution is 2.44. The van der Waals surface area contributed by atoms with Crippen molar-refractivity contribution in [2.75, 3.05) is 19.5 Å². The van der Waals surface area contributed by atoms with Crippen molar-refractivity contribution in [2.24, 2.45) is 30.7 Å². The smallest absolute Gasteiger partial charge is 0.296 e. The Morgan fingerprint density at radius 2 is 1.12 bits per heavy atom. The molecule has 0 fully saturated rings. The van der Waals surface area contributed by atoms with E-state index in [0.717, 1.165) is 5.69 Å². The molecule has 18 heteroatoms. The van der Waals surface area contributed by atoms with Gasteiger partial charge in [0.2, 0.25) is 0 Å². The van der Waals surface area contributed by atoms with Crippen LogP contribution in [-0.2, 0) is 20.2 Å². The molecule has 0 amide bonds. The van der Waals surface area contributed by atoms with E-state index in [0.29, 0.717) is 61.5 Å². The number of aryl methyl sites for hydroxylation is 2. The number of azo groups is 3. The summed E-state index contributed by atoms with van der Waals surface area (Å²) < 4.78 is 79.9. The molecule has 0 atom stereocenters. The Hall–Kier alpha value is -7.12. The average Bonchev–Trinajstić information content (AvgIpc) is 3.21. The van der Waals surface area contributed by atoms with Crippen LogP contribution < -0.4 is 14.8 Å². The summed E-state index contributed by atoms with van der Waals surface area (Å²) in [6.07, 6.45) is 0. The summed E-state index contributed by atoms with van der Waals surface area (Å²) in [4.78, 5) is -0.882. The van der Waals surface area contributed by atoms with Crippen LogP contribution in [0.2, 0.25) is 0 Å². The molecule has 16 nitrogen and oxygen atoms in total. The zero-order valence-electron chi connectivity index (χ0n) is 32.3. The molecule has 0 aliphatic carbocycles. The van der Waals surface area contributed by atoms with Gasteiger partial charge < -0.3 is 19.9 Å². The lowest BCUT2D eigenvalue weighted by atomic mass is 10.1. The van der Waals surface area contributed by atoms with E-state index in [1.54, 1.807) is 74.5 Å². The predicted molar refractivity (Wildman–Crippen MR) is 227 cm³/mol. The Labute approximate surface area is 344 Å². The first-order chi connectivity index (χ1) is 28.6. The van der Waals surface area contributed by atoms with Gasteiger partial charge in [0, 0.05) is 34.3 Å². The number of ether oxygens (including phenoxy) is 2. The molecule has 0 heterocycles. The number of benzene rings is 7. The second-order valence-electron chi connectivity index (χ2n) is 13.3. The van der Waals surface area contributed by atoms with Crippen LogP contribution in [0.25, 0.3) is 21.5 Å². The molecule has 304 valence electrons. The zero-order valence-corrected chi connectivity index (χ0v) is 33.9. The fraction of sp³-hybridized carbons (Fsp3) is 0.0952. The monoisotopic (exact) mass is 845 g/mol. The normalized spacial score (nSPS) is 12.3. The molecular weight excluding hydrogens is 811 g/mol. The Morgan fingerprint density at radius 1 is 0.517 bits per heavy atom. The maximum atomic E-state index is 12.5. The van der Waals surface area contributed by atoms with Crippen molar-refractivity contribution in [3.63, 3.8) is 0 Å². The van der Waals surface area contributed by atoms with E-state index < -0.39 is 36.6 Å². The third-order valence-corrected chi connectivity index (χ3v) is 11.1. The predicted octanol–water partition coefficient (Wildman–Crippen LogP) is 11.8. The fourth-order valence-electron chi connectivity index (χ4n) is 6.28. The number of hydrogen-bond donors (Lipinski definition) is 4. The van der Waals surface area contributed by atoms with Crippen LogP contribution in [0.5, 0.6) is 17.2 Å². The lowest BCUT2D eigenvalue weighted by Crippen LogP contribution is -1.99. The molecule has 7 aromatic rings. The van der Waals surface area contributed by atoms with Crippen LogP contribution in [0.4, 0.5) is 45.5 Å². The van der Waals surface area contributed by atoms with E-state index in [9.17, 15) is 31.0 Å². The first kappa shape index (κ1) is 41.1. The minimum Gasteiger partial charge on any atom is -0.505 e. The molecular formula is C42H35N7O9S2. The second kappa shape index (κ2) is 16.6. The van der Waals surface area contributed by atoms with Gasteiger partial charge >= 0.3 is 0 Å². The second-order valence-corrected chi connectivity index (χ2v) is 16.1. The van der Waals surface area contributed by atoms with Gasteiger partial charge in [0.25, 0.3) is 20.2 Å². The molecule has 7 rings (SSSR count). The van der Waals surface area contributed by atoms with Crippen LogP contribution in [0, 0.1) is 13.8 Å². The van der Waals surface area contributed by atoms with E-state index in [2.05, 4.69) is 36.0 Å². The van der Waals surface area contributed by atoms with Gasteiger partial charge in [-0.1, -0.05) is 36.4 Å². The topological polar surface area (TPSA) is 234 Å². The van der Waals surface area contributed by atoms with Gasteiger partial charge in [-0.2, -0.15) is 32.2 Å². The van der Waals surface area contributed by atoms with Crippen molar-refractivity contribution in [3.8, 4) is 17.2 Å². The zero-order chi connectivity index (χ0) is 42.8. The van der Waals surface area contributed by atoms with Crippen molar-refractivity contribution in [2.45, 2.75) is 23.6 Å². The number of phenols is 1.